The maximum atomic E-state index is 6.62. The van der Waals surface area contributed by atoms with Crippen LogP contribution in [0.5, 0.6) is 0 Å². The Balaban J connectivity index is 1.69. The van der Waals surface area contributed by atoms with E-state index in [1.54, 1.807) is 0 Å². The van der Waals surface area contributed by atoms with Crippen LogP contribution in [-0.2, 0) is 0 Å². The largest absolute Gasteiger partial charge is 0.324 e. The molecule has 1 atom stereocenters. The highest BCUT2D eigenvalue weighted by atomic mass is 14.7. The van der Waals surface area contributed by atoms with E-state index in [9.17, 15) is 0 Å². The fraction of sp³-hybridized carbons (Fsp3) is 0.684. The maximum Gasteiger partial charge on any atom is 0.0323 e. The molecule has 0 heterocycles. The van der Waals surface area contributed by atoms with E-state index >= 15 is 0 Å². The van der Waals surface area contributed by atoms with Crippen LogP contribution in [0.1, 0.15) is 87.3 Å². The van der Waals surface area contributed by atoms with Gasteiger partial charge >= 0.3 is 0 Å². The molecule has 1 aromatic rings. The first-order valence-corrected chi connectivity index (χ1v) is 8.70. The van der Waals surface area contributed by atoms with Gasteiger partial charge in [0.1, 0.15) is 0 Å². The third-order valence-corrected chi connectivity index (χ3v) is 5.53. The highest BCUT2D eigenvalue weighted by Crippen LogP contribution is 2.38. The second kappa shape index (κ2) is 6.76. The first kappa shape index (κ1) is 14.1. The number of rotatable bonds is 3. The molecular weight excluding hydrogens is 242 g/mol. The van der Waals surface area contributed by atoms with Crippen LogP contribution in [0.4, 0.5) is 0 Å². The molecule has 3 rings (SSSR count). The van der Waals surface area contributed by atoms with Crippen molar-refractivity contribution in [1.82, 2.24) is 0 Å². The molecule has 0 radical (unpaired) electrons. The van der Waals surface area contributed by atoms with Gasteiger partial charge in [-0.2, -0.15) is 0 Å². The fourth-order valence-electron chi connectivity index (χ4n) is 3.88. The molecule has 2 aliphatic rings. The Kier molecular flexibility index (Phi) is 4.77. The summed E-state index contributed by atoms with van der Waals surface area (Å²) in [5.41, 5.74) is 9.54. The van der Waals surface area contributed by atoms with E-state index in [1.807, 2.05) is 0 Å². The van der Waals surface area contributed by atoms with Crippen LogP contribution in [0, 0.1) is 5.92 Å². The summed E-state index contributed by atoms with van der Waals surface area (Å²) in [7, 11) is 0. The SMILES string of the molecule is NC(c1cccc(C2CCC2)c1)C1CCCCCCC1. The van der Waals surface area contributed by atoms with Gasteiger partial charge in [0.25, 0.3) is 0 Å². The van der Waals surface area contributed by atoms with Crippen molar-refractivity contribution in [2.24, 2.45) is 11.7 Å². The van der Waals surface area contributed by atoms with Crippen molar-refractivity contribution in [3.63, 3.8) is 0 Å². The number of hydrogen-bond donors (Lipinski definition) is 1. The summed E-state index contributed by atoms with van der Waals surface area (Å²) >= 11 is 0. The topological polar surface area (TPSA) is 26.0 Å². The predicted molar refractivity (Wildman–Crippen MR) is 85.8 cm³/mol. The molecule has 0 spiro atoms. The van der Waals surface area contributed by atoms with Gasteiger partial charge in [-0.25, -0.2) is 0 Å². The summed E-state index contributed by atoms with van der Waals surface area (Å²) < 4.78 is 0. The summed E-state index contributed by atoms with van der Waals surface area (Å²) in [6.45, 7) is 0. The minimum Gasteiger partial charge on any atom is -0.324 e. The number of benzene rings is 1. The van der Waals surface area contributed by atoms with Crippen LogP contribution in [-0.4, -0.2) is 0 Å². The molecule has 0 aromatic heterocycles. The summed E-state index contributed by atoms with van der Waals surface area (Å²) in [6, 6.07) is 9.45. The molecule has 2 saturated carbocycles. The van der Waals surface area contributed by atoms with E-state index in [4.69, 9.17) is 5.73 Å². The first-order chi connectivity index (χ1) is 9.84. The number of nitrogens with two attached hydrogens (primary N) is 1. The molecule has 2 N–H and O–H groups in total. The molecule has 1 aromatic carbocycles. The summed E-state index contributed by atoms with van der Waals surface area (Å²) in [5.74, 6) is 1.52. The van der Waals surface area contributed by atoms with Crippen molar-refractivity contribution in [3.05, 3.63) is 35.4 Å². The molecule has 1 nitrogen and oxygen atoms in total. The van der Waals surface area contributed by atoms with Crippen LogP contribution < -0.4 is 5.73 Å². The number of hydrogen-bond acceptors (Lipinski definition) is 1. The Hall–Kier alpha value is -0.820. The second-order valence-electron chi connectivity index (χ2n) is 6.93. The quantitative estimate of drug-likeness (QED) is 0.791. The molecule has 20 heavy (non-hydrogen) atoms. The molecular formula is C19H29N. The zero-order valence-corrected chi connectivity index (χ0v) is 12.7. The lowest BCUT2D eigenvalue weighted by Crippen LogP contribution is -2.22. The van der Waals surface area contributed by atoms with Crippen LogP contribution in [0.2, 0.25) is 0 Å². The lowest BCUT2D eigenvalue weighted by molar-refractivity contribution is 0.327. The van der Waals surface area contributed by atoms with Crippen molar-refractivity contribution in [3.8, 4) is 0 Å². The van der Waals surface area contributed by atoms with E-state index in [-0.39, 0.29) is 6.04 Å². The van der Waals surface area contributed by atoms with Gasteiger partial charge in [-0.15, -0.1) is 0 Å². The van der Waals surface area contributed by atoms with Crippen molar-refractivity contribution in [2.75, 3.05) is 0 Å². The van der Waals surface area contributed by atoms with E-state index in [1.165, 1.54) is 75.3 Å². The molecule has 110 valence electrons. The third kappa shape index (κ3) is 3.25. The van der Waals surface area contributed by atoms with Gasteiger partial charge in [-0.3, -0.25) is 0 Å². The third-order valence-electron chi connectivity index (χ3n) is 5.53. The van der Waals surface area contributed by atoms with Crippen molar-refractivity contribution < 1.29 is 0 Å². The molecule has 0 aliphatic heterocycles. The molecule has 1 heteroatoms. The molecule has 0 bridgehead atoms. The van der Waals surface area contributed by atoms with Gasteiger partial charge in [-0.1, -0.05) is 62.8 Å². The Morgan fingerprint density at radius 1 is 0.850 bits per heavy atom. The van der Waals surface area contributed by atoms with Crippen molar-refractivity contribution >= 4 is 0 Å². The second-order valence-corrected chi connectivity index (χ2v) is 6.93. The van der Waals surface area contributed by atoms with E-state index in [0.29, 0.717) is 5.92 Å². The maximum absolute atomic E-state index is 6.62. The average Bonchev–Trinajstić information content (AvgIpc) is 2.36. The Bertz CT molecular complexity index is 414. The van der Waals surface area contributed by atoms with Gasteiger partial charge < -0.3 is 5.73 Å². The molecule has 2 fully saturated rings. The smallest absolute Gasteiger partial charge is 0.0323 e. The minimum atomic E-state index is 0.258. The van der Waals surface area contributed by atoms with Crippen LogP contribution in [0.3, 0.4) is 0 Å². The van der Waals surface area contributed by atoms with Crippen LogP contribution in [0.25, 0.3) is 0 Å². The van der Waals surface area contributed by atoms with Gasteiger partial charge in [0, 0.05) is 6.04 Å². The Morgan fingerprint density at radius 2 is 1.55 bits per heavy atom. The highest BCUT2D eigenvalue weighted by Gasteiger charge is 2.23. The van der Waals surface area contributed by atoms with Crippen LogP contribution >= 0.6 is 0 Å². The highest BCUT2D eigenvalue weighted by molar-refractivity contribution is 5.29. The van der Waals surface area contributed by atoms with E-state index in [0.717, 1.165) is 5.92 Å². The standard InChI is InChI=1S/C19H29N/c20-19(16-8-4-2-1-3-5-9-16)18-13-7-12-17(14-18)15-10-6-11-15/h7,12-16,19H,1-6,8-11,20H2. The van der Waals surface area contributed by atoms with Gasteiger partial charge in [0.2, 0.25) is 0 Å². The van der Waals surface area contributed by atoms with Gasteiger partial charge in [0.15, 0.2) is 0 Å². The van der Waals surface area contributed by atoms with E-state index in [2.05, 4.69) is 24.3 Å². The molecule has 0 amide bonds. The Morgan fingerprint density at radius 3 is 2.20 bits per heavy atom. The summed E-state index contributed by atoms with van der Waals surface area (Å²) in [6.07, 6.45) is 13.8. The monoisotopic (exact) mass is 271 g/mol. The van der Waals surface area contributed by atoms with Gasteiger partial charge in [-0.05, 0) is 48.6 Å². The zero-order valence-electron chi connectivity index (χ0n) is 12.7. The first-order valence-electron chi connectivity index (χ1n) is 8.70. The zero-order chi connectivity index (χ0) is 13.8. The molecule has 1 unspecified atom stereocenters. The van der Waals surface area contributed by atoms with E-state index < -0.39 is 0 Å². The van der Waals surface area contributed by atoms with Crippen molar-refractivity contribution in [1.29, 1.82) is 0 Å². The Labute approximate surface area is 124 Å². The lowest BCUT2D eigenvalue weighted by Gasteiger charge is -2.29. The normalized spacial score (nSPS) is 23.6. The van der Waals surface area contributed by atoms with Crippen molar-refractivity contribution in [2.45, 2.75) is 76.2 Å². The lowest BCUT2D eigenvalue weighted by atomic mass is 9.78. The predicted octanol–water partition coefficient (Wildman–Crippen LogP) is 5.31. The van der Waals surface area contributed by atoms with Gasteiger partial charge in [0.05, 0.1) is 0 Å². The minimum absolute atomic E-state index is 0.258. The molecule has 0 saturated heterocycles. The average molecular weight is 271 g/mol. The summed E-state index contributed by atoms with van der Waals surface area (Å²) in [4.78, 5) is 0. The fourth-order valence-corrected chi connectivity index (χ4v) is 3.88. The molecule has 2 aliphatic carbocycles. The van der Waals surface area contributed by atoms with Crippen LogP contribution in [0.15, 0.2) is 24.3 Å². The summed E-state index contributed by atoms with van der Waals surface area (Å²) in [5, 5.41) is 0.